The monoisotopic (exact) mass is 478 g/mol. The average molecular weight is 481 g/mol. The van der Waals surface area contributed by atoms with Crippen LogP contribution >= 0.6 is 59.4 Å². The van der Waals surface area contributed by atoms with Gasteiger partial charge in [0.05, 0.1) is 0 Å². The summed E-state index contributed by atoms with van der Waals surface area (Å²) >= 11 is 17.0. The Hall–Kier alpha value is 0.170. The fraction of sp³-hybridized carbons (Fsp3) is 0.250. The molecule has 2 rings (SSSR count). The van der Waals surface area contributed by atoms with Gasteiger partial charge in [0.15, 0.2) is 0 Å². The molecule has 0 aliphatic carbocycles. The van der Waals surface area contributed by atoms with Gasteiger partial charge in [-0.15, -0.1) is 0 Å². The van der Waals surface area contributed by atoms with E-state index in [1.54, 1.807) is 0 Å². The molecule has 0 N–H and O–H groups in total. The molecule has 0 fully saturated rings. The predicted molar refractivity (Wildman–Crippen MR) is 98.6 cm³/mol. The number of hydrogen-bond donors (Lipinski definition) is 0. The minimum Gasteiger partial charge on any atom is -0.0918 e. The topological polar surface area (TPSA) is 0 Å². The van der Waals surface area contributed by atoms with E-state index in [2.05, 4.69) is 84.2 Å². The van der Waals surface area contributed by atoms with Crippen molar-refractivity contribution in [3.05, 3.63) is 69.2 Å². The molecule has 2 aromatic carbocycles. The van der Waals surface area contributed by atoms with Gasteiger partial charge >= 0.3 is 0 Å². The second kappa shape index (κ2) is 7.44. The zero-order chi connectivity index (χ0) is 14.6. The van der Waals surface area contributed by atoms with Crippen LogP contribution in [0.15, 0.2) is 53.0 Å². The van der Waals surface area contributed by atoms with E-state index in [4.69, 9.17) is 11.6 Å². The molecule has 20 heavy (non-hydrogen) atoms. The molecule has 0 saturated carbocycles. The third-order valence-electron chi connectivity index (χ3n) is 3.40. The fourth-order valence-corrected chi connectivity index (χ4v) is 4.63. The van der Waals surface area contributed by atoms with Gasteiger partial charge in [-0.2, -0.15) is 0 Å². The Labute approximate surface area is 150 Å². The van der Waals surface area contributed by atoms with Crippen molar-refractivity contribution in [2.24, 2.45) is 0 Å². The lowest BCUT2D eigenvalue weighted by atomic mass is 9.79. The van der Waals surface area contributed by atoms with E-state index >= 15 is 0 Å². The van der Waals surface area contributed by atoms with Crippen molar-refractivity contribution in [2.45, 2.75) is 11.8 Å². The van der Waals surface area contributed by atoms with Crippen molar-refractivity contribution in [3.63, 3.8) is 0 Å². The van der Waals surface area contributed by atoms with Crippen molar-refractivity contribution in [1.82, 2.24) is 0 Å². The SMILES string of the molecule is Clc1cccc(C(CBr)(CBr)Cc2ccc(Br)cc2)c1. The van der Waals surface area contributed by atoms with Crippen LogP contribution in [0.1, 0.15) is 11.1 Å². The van der Waals surface area contributed by atoms with Gasteiger partial charge in [-0.05, 0) is 41.8 Å². The standard InChI is InChI=1S/C16H14Br3Cl/c17-10-16(11-18,13-2-1-3-15(20)8-13)9-12-4-6-14(19)7-5-12/h1-8H,9-11H2. The Bertz CT molecular complexity index is 562. The molecular weight excluding hydrogens is 467 g/mol. The summed E-state index contributed by atoms with van der Waals surface area (Å²) in [5.41, 5.74) is 2.56. The van der Waals surface area contributed by atoms with Crippen LogP contribution in [0.2, 0.25) is 5.02 Å². The van der Waals surface area contributed by atoms with Gasteiger partial charge in [-0.1, -0.05) is 83.7 Å². The van der Waals surface area contributed by atoms with Crippen LogP contribution in [0.25, 0.3) is 0 Å². The molecule has 0 unspecified atom stereocenters. The van der Waals surface area contributed by atoms with Crippen molar-refractivity contribution in [2.75, 3.05) is 10.7 Å². The molecule has 0 aliphatic rings. The normalized spacial score (nSPS) is 11.6. The van der Waals surface area contributed by atoms with Gasteiger partial charge in [-0.3, -0.25) is 0 Å². The van der Waals surface area contributed by atoms with Crippen LogP contribution in [0.3, 0.4) is 0 Å². The number of rotatable bonds is 5. The highest BCUT2D eigenvalue weighted by Crippen LogP contribution is 2.34. The number of benzene rings is 2. The molecule has 0 heterocycles. The first-order chi connectivity index (χ1) is 9.59. The first-order valence-corrected chi connectivity index (χ1v) is 9.63. The molecule has 106 valence electrons. The summed E-state index contributed by atoms with van der Waals surface area (Å²) in [5.74, 6) is 0. The summed E-state index contributed by atoms with van der Waals surface area (Å²) in [6, 6.07) is 16.6. The quantitative estimate of drug-likeness (QED) is 0.435. The molecule has 2 aromatic rings. The largest absolute Gasteiger partial charge is 0.0918 e. The molecule has 0 spiro atoms. The lowest BCUT2D eigenvalue weighted by Crippen LogP contribution is -2.33. The van der Waals surface area contributed by atoms with Crippen molar-refractivity contribution < 1.29 is 0 Å². The molecule has 0 atom stereocenters. The Morgan fingerprint density at radius 3 is 2.15 bits per heavy atom. The van der Waals surface area contributed by atoms with E-state index in [0.29, 0.717) is 0 Å². The first-order valence-electron chi connectivity index (χ1n) is 6.22. The van der Waals surface area contributed by atoms with Crippen LogP contribution in [0.4, 0.5) is 0 Å². The molecule has 0 saturated heterocycles. The zero-order valence-electron chi connectivity index (χ0n) is 10.8. The molecule has 4 heteroatoms. The summed E-state index contributed by atoms with van der Waals surface area (Å²) in [6.45, 7) is 0. The molecule has 0 radical (unpaired) electrons. The van der Waals surface area contributed by atoms with Gasteiger partial charge in [0.1, 0.15) is 0 Å². The van der Waals surface area contributed by atoms with Crippen LogP contribution in [0.5, 0.6) is 0 Å². The second-order valence-electron chi connectivity index (χ2n) is 4.86. The first kappa shape index (κ1) is 16.5. The molecule has 0 amide bonds. The maximum absolute atomic E-state index is 6.15. The van der Waals surface area contributed by atoms with Crippen molar-refractivity contribution in [1.29, 1.82) is 0 Å². The van der Waals surface area contributed by atoms with Crippen molar-refractivity contribution >= 4 is 59.4 Å². The Morgan fingerprint density at radius 1 is 0.950 bits per heavy atom. The highest BCUT2D eigenvalue weighted by molar-refractivity contribution is 9.10. The van der Waals surface area contributed by atoms with Crippen LogP contribution in [-0.2, 0) is 11.8 Å². The second-order valence-corrected chi connectivity index (χ2v) is 7.33. The molecule has 0 bridgehead atoms. The van der Waals surface area contributed by atoms with E-state index in [9.17, 15) is 0 Å². The zero-order valence-corrected chi connectivity index (χ0v) is 16.3. The van der Waals surface area contributed by atoms with E-state index in [0.717, 1.165) is 26.6 Å². The van der Waals surface area contributed by atoms with Crippen molar-refractivity contribution in [3.8, 4) is 0 Å². The summed E-state index contributed by atoms with van der Waals surface area (Å²) in [5, 5.41) is 2.54. The maximum atomic E-state index is 6.15. The predicted octanol–water partition coefficient (Wildman–Crippen LogP) is 6.37. The molecule has 0 aromatic heterocycles. The van der Waals surface area contributed by atoms with Gasteiger partial charge in [0.2, 0.25) is 0 Å². The number of alkyl halides is 2. The third-order valence-corrected chi connectivity index (χ3v) is 6.31. The summed E-state index contributed by atoms with van der Waals surface area (Å²) in [6.07, 6.45) is 0.955. The minimum atomic E-state index is -0.00126. The fourth-order valence-electron chi connectivity index (χ4n) is 2.20. The Morgan fingerprint density at radius 2 is 1.60 bits per heavy atom. The van der Waals surface area contributed by atoms with Crippen LogP contribution in [-0.4, -0.2) is 10.7 Å². The highest BCUT2D eigenvalue weighted by Gasteiger charge is 2.30. The molecule has 0 aliphatic heterocycles. The average Bonchev–Trinajstić information content (AvgIpc) is 2.47. The summed E-state index contributed by atoms with van der Waals surface area (Å²) in [4.78, 5) is 0. The Kier molecular flexibility index (Phi) is 6.15. The van der Waals surface area contributed by atoms with E-state index in [1.165, 1.54) is 11.1 Å². The van der Waals surface area contributed by atoms with Crippen LogP contribution < -0.4 is 0 Å². The van der Waals surface area contributed by atoms with E-state index < -0.39 is 0 Å². The number of halogens is 4. The number of hydrogen-bond acceptors (Lipinski definition) is 0. The van der Waals surface area contributed by atoms with E-state index in [-0.39, 0.29) is 5.41 Å². The van der Waals surface area contributed by atoms with Crippen LogP contribution in [0, 0.1) is 0 Å². The van der Waals surface area contributed by atoms with Gasteiger partial charge in [0, 0.05) is 25.6 Å². The summed E-state index contributed by atoms with van der Waals surface area (Å²) < 4.78 is 1.10. The third kappa shape index (κ3) is 3.88. The van der Waals surface area contributed by atoms with E-state index in [1.807, 2.05) is 12.1 Å². The smallest absolute Gasteiger partial charge is 0.0408 e. The van der Waals surface area contributed by atoms with Gasteiger partial charge < -0.3 is 0 Å². The highest BCUT2D eigenvalue weighted by atomic mass is 79.9. The maximum Gasteiger partial charge on any atom is 0.0408 e. The molecular formula is C16H14Br3Cl. The summed E-state index contributed by atoms with van der Waals surface area (Å²) in [7, 11) is 0. The minimum absolute atomic E-state index is 0.00126. The van der Waals surface area contributed by atoms with Gasteiger partial charge in [0.25, 0.3) is 0 Å². The lowest BCUT2D eigenvalue weighted by molar-refractivity contribution is 0.551. The van der Waals surface area contributed by atoms with Gasteiger partial charge in [-0.25, -0.2) is 0 Å². The molecule has 0 nitrogen and oxygen atoms in total. The Balaban J connectivity index is 2.36. The lowest BCUT2D eigenvalue weighted by Gasteiger charge is -2.31.